The minimum Gasteiger partial charge on any atom is -0.289 e. The Morgan fingerprint density at radius 2 is 1.17 bits per heavy atom. The summed E-state index contributed by atoms with van der Waals surface area (Å²) in [6, 6.07) is 8.16. The first-order valence-corrected chi connectivity index (χ1v) is 13.5. The number of hydrogen-bond donors (Lipinski definition) is 0. The van der Waals surface area contributed by atoms with Crippen molar-refractivity contribution in [3.05, 3.63) is 40.6 Å². The number of carbonyl (C=O) groups is 1. The summed E-state index contributed by atoms with van der Waals surface area (Å²) in [5.74, 6) is 0.308. The van der Waals surface area contributed by atoms with Crippen LogP contribution in [0.15, 0.2) is 29.5 Å². The molecule has 1 aliphatic carbocycles. The van der Waals surface area contributed by atoms with Crippen molar-refractivity contribution in [1.82, 2.24) is 0 Å². The minimum atomic E-state index is -1.59. The zero-order valence-corrected chi connectivity index (χ0v) is 14.2. The van der Waals surface area contributed by atoms with Gasteiger partial charge in [-0.3, -0.25) is 4.79 Å². The minimum absolute atomic E-state index is 0.308. The van der Waals surface area contributed by atoms with Crippen LogP contribution in [0.3, 0.4) is 0 Å². The monoisotopic (exact) mass is 274 g/mol. The van der Waals surface area contributed by atoms with Gasteiger partial charge in [0.15, 0.2) is 5.78 Å². The third kappa shape index (κ3) is 2.06. The molecule has 1 nitrogen and oxygen atoms in total. The van der Waals surface area contributed by atoms with E-state index in [1.807, 2.05) is 12.1 Å². The fraction of sp³-hybridized carbons (Fsp3) is 0.400. The third-order valence-corrected chi connectivity index (χ3v) is 7.66. The molecule has 0 atom stereocenters. The van der Waals surface area contributed by atoms with E-state index in [-0.39, 0.29) is 0 Å². The number of hydrogen-bond acceptors (Lipinski definition) is 1. The van der Waals surface area contributed by atoms with Crippen LogP contribution in [0.1, 0.15) is 15.9 Å². The van der Waals surface area contributed by atoms with Crippen LogP contribution in [0, 0.1) is 0 Å². The van der Waals surface area contributed by atoms with Crippen LogP contribution in [0.4, 0.5) is 0 Å². The van der Waals surface area contributed by atoms with Gasteiger partial charge in [-0.25, -0.2) is 0 Å². The Hall–Kier alpha value is -0.936. The smallest absolute Gasteiger partial charge is 0.185 e. The normalized spacial score (nSPS) is 16.2. The molecule has 96 valence electrons. The van der Waals surface area contributed by atoms with E-state index in [0.717, 1.165) is 5.56 Å². The Morgan fingerprint density at radius 3 is 1.61 bits per heavy atom. The number of carbonyl (C=O) groups excluding carboxylic acids is 1. The molecular formula is C15H22OSi2. The van der Waals surface area contributed by atoms with Gasteiger partial charge in [0.25, 0.3) is 0 Å². The van der Waals surface area contributed by atoms with Gasteiger partial charge in [-0.1, -0.05) is 63.5 Å². The maximum absolute atomic E-state index is 12.7. The zero-order valence-electron chi connectivity index (χ0n) is 12.2. The highest BCUT2D eigenvalue weighted by molar-refractivity contribution is 7.01. The second kappa shape index (κ2) is 4.03. The van der Waals surface area contributed by atoms with Crippen LogP contribution in [0.25, 0.3) is 5.20 Å². The van der Waals surface area contributed by atoms with Gasteiger partial charge in [0.2, 0.25) is 0 Å². The number of Topliss-reactive ketones (excluding diaryl/α,β-unsaturated/α-hetero) is 1. The van der Waals surface area contributed by atoms with Gasteiger partial charge in [-0.15, -0.1) is 0 Å². The standard InChI is InChI=1S/C15H22OSi2/c1-17(2,3)14-12-10-8-7-9-11(12)13(16)15(14)18(4,5)6/h7-10H,1-6H3. The van der Waals surface area contributed by atoms with Crippen molar-refractivity contribution in [3.8, 4) is 0 Å². The van der Waals surface area contributed by atoms with E-state index in [2.05, 4.69) is 51.4 Å². The molecule has 0 bridgehead atoms. The number of fused-ring (bicyclic) bond motifs is 1. The van der Waals surface area contributed by atoms with Crippen molar-refractivity contribution in [3.63, 3.8) is 0 Å². The van der Waals surface area contributed by atoms with Gasteiger partial charge in [0, 0.05) is 5.56 Å². The topological polar surface area (TPSA) is 17.1 Å². The predicted octanol–water partition coefficient (Wildman–Crippen LogP) is 4.39. The quantitative estimate of drug-likeness (QED) is 0.731. The Kier molecular flexibility index (Phi) is 3.02. The first kappa shape index (κ1) is 13.5. The Morgan fingerprint density at radius 1 is 0.722 bits per heavy atom. The van der Waals surface area contributed by atoms with Gasteiger partial charge in [0.1, 0.15) is 0 Å². The molecule has 0 heterocycles. The first-order chi connectivity index (χ1) is 8.14. The lowest BCUT2D eigenvalue weighted by atomic mass is 10.1. The maximum atomic E-state index is 12.7. The molecule has 0 saturated heterocycles. The largest absolute Gasteiger partial charge is 0.289 e. The lowest BCUT2D eigenvalue weighted by Crippen LogP contribution is -2.33. The molecule has 0 aromatic heterocycles. The summed E-state index contributed by atoms with van der Waals surface area (Å²) >= 11 is 0. The molecule has 1 aromatic rings. The van der Waals surface area contributed by atoms with E-state index in [1.165, 1.54) is 16.0 Å². The molecular weight excluding hydrogens is 252 g/mol. The van der Waals surface area contributed by atoms with E-state index in [0.29, 0.717) is 5.78 Å². The van der Waals surface area contributed by atoms with Crippen molar-refractivity contribution in [1.29, 1.82) is 0 Å². The first-order valence-electron chi connectivity index (χ1n) is 6.53. The number of ketones is 1. The molecule has 1 aromatic carbocycles. The molecule has 2 rings (SSSR count). The average Bonchev–Trinajstić information content (AvgIpc) is 2.52. The molecule has 0 amide bonds. The fourth-order valence-corrected chi connectivity index (χ4v) is 8.62. The second-order valence-electron chi connectivity index (χ2n) is 7.12. The molecule has 0 radical (unpaired) electrons. The second-order valence-corrected chi connectivity index (χ2v) is 17.1. The molecule has 0 saturated carbocycles. The highest BCUT2D eigenvalue weighted by Gasteiger charge is 2.41. The average molecular weight is 275 g/mol. The van der Waals surface area contributed by atoms with Crippen LogP contribution in [0.5, 0.6) is 0 Å². The number of benzene rings is 1. The summed E-state index contributed by atoms with van der Waals surface area (Å²) < 4.78 is 0. The molecule has 0 unspecified atom stereocenters. The highest BCUT2D eigenvalue weighted by atomic mass is 28.3. The van der Waals surface area contributed by atoms with Crippen LogP contribution >= 0.6 is 0 Å². The van der Waals surface area contributed by atoms with E-state index in [4.69, 9.17) is 0 Å². The Labute approximate surface area is 112 Å². The zero-order chi connectivity index (χ0) is 13.7. The summed E-state index contributed by atoms with van der Waals surface area (Å²) in [4.78, 5) is 12.7. The van der Waals surface area contributed by atoms with Gasteiger partial charge in [-0.2, -0.15) is 0 Å². The maximum Gasteiger partial charge on any atom is 0.185 e. The Bertz CT molecular complexity index is 542. The number of allylic oxidation sites excluding steroid dienone is 1. The van der Waals surface area contributed by atoms with E-state index in [1.54, 1.807) is 0 Å². The fourth-order valence-electron chi connectivity index (χ4n) is 2.78. The lowest BCUT2D eigenvalue weighted by Gasteiger charge is -2.26. The van der Waals surface area contributed by atoms with Crippen molar-refractivity contribution in [2.24, 2.45) is 0 Å². The predicted molar refractivity (Wildman–Crippen MR) is 84.4 cm³/mol. The molecule has 0 N–H and O–H groups in total. The Balaban J connectivity index is 2.79. The molecule has 0 spiro atoms. The van der Waals surface area contributed by atoms with Gasteiger partial charge in [-0.05, 0) is 16.0 Å². The van der Waals surface area contributed by atoms with E-state index < -0.39 is 16.1 Å². The SMILES string of the molecule is C[Si](C)(C)C1=C([Si](C)(C)C)c2ccccc2C1=O. The van der Waals surface area contributed by atoms with Gasteiger partial charge >= 0.3 is 0 Å². The molecule has 3 heteroatoms. The van der Waals surface area contributed by atoms with Gasteiger partial charge in [0.05, 0.1) is 16.1 Å². The van der Waals surface area contributed by atoms with Crippen molar-refractivity contribution in [2.45, 2.75) is 39.3 Å². The van der Waals surface area contributed by atoms with Crippen molar-refractivity contribution in [2.75, 3.05) is 0 Å². The van der Waals surface area contributed by atoms with Crippen molar-refractivity contribution >= 4 is 27.1 Å². The highest BCUT2D eigenvalue weighted by Crippen LogP contribution is 2.42. The molecule has 1 aliphatic rings. The molecule has 0 fully saturated rings. The summed E-state index contributed by atoms with van der Waals surface area (Å²) in [7, 11) is -3.09. The van der Waals surface area contributed by atoms with Crippen LogP contribution in [0.2, 0.25) is 39.3 Å². The third-order valence-electron chi connectivity index (χ3n) is 3.42. The van der Waals surface area contributed by atoms with Crippen LogP contribution in [-0.2, 0) is 0 Å². The molecule has 18 heavy (non-hydrogen) atoms. The summed E-state index contributed by atoms with van der Waals surface area (Å²) in [6.45, 7) is 13.9. The lowest BCUT2D eigenvalue weighted by molar-refractivity contribution is 0.104. The van der Waals surface area contributed by atoms with Crippen molar-refractivity contribution < 1.29 is 4.79 Å². The van der Waals surface area contributed by atoms with Crippen LogP contribution < -0.4 is 0 Å². The van der Waals surface area contributed by atoms with Gasteiger partial charge < -0.3 is 0 Å². The van der Waals surface area contributed by atoms with E-state index in [9.17, 15) is 4.79 Å². The number of rotatable bonds is 2. The van der Waals surface area contributed by atoms with Crippen LogP contribution in [-0.4, -0.2) is 21.9 Å². The summed E-state index contributed by atoms with van der Waals surface area (Å²) in [5, 5.41) is 2.60. The summed E-state index contributed by atoms with van der Waals surface area (Å²) in [6.07, 6.45) is 0. The summed E-state index contributed by atoms with van der Waals surface area (Å²) in [5.41, 5.74) is 2.16. The van der Waals surface area contributed by atoms with E-state index >= 15 is 0 Å². The molecule has 0 aliphatic heterocycles.